The van der Waals surface area contributed by atoms with E-state index in [-0.39, 0.29) is 27.8 Å². The molecule has 2 unspecified atom stereocenters. The van der Waals surface area contributed by atoms with Crippen LogP contribution in [-0.2, 0) is 32.7 Å². The molecule has 0 spiro atoms. The Balaban J connectivity index is 0.000000132. The lowest BCUT2D eigenvalue weighted by Crippen LogP contribution is -2.44. The van der Waals surface area contributed by atoms with Crippen LogP contribution >= 0.6 is 0 Å². The quantitative estimate of drug-likeness (QED) is 0.0186. The third-order valence-corrected chi connectivity index (χ3v) is 25.5. The Hall–Kier alpha value is -11.9. The van der Waals surface area contributed by atoms with E-state index < -0.39 is 0 Å². The van der Waals surface area contributed by atoms with Gasteiger partial charge >= 0.3 is 0 Å². The Morgan fingerprint density at radius 1 is 0.412 bits per heavy atom. The molecule has 16 N–H and O–H groups in total. The first kappa shape index (κ1) is 95.2. The number of piperidine rings is 1. The molecule has 18 rings (SSSR count). The first-order valence-electron chi connectivity index (χ1n) is 46.6. The van der Waals surface area contributed by atoms with Crippen molar-refractivity contribution in [2.75, 3.05) is 175 Å². The smallest absolute Gasteiger partial charge is 0.262 e. The fourth-order valence-corrected chi connectivity index (χ4v) is 18.6. The molecule has 15 aromatic rings. The zero-order chi connectivity index (χ0) is 92.8. The van der Waals surface area contributed by atoms with Gasteiger partial charge in [-0.3, -0.25) is 49.5 Å². The van der Waals surface area contributed by atoms with Gasteiger partial charge in [0.15, 0.2) is 0 Å². The molecule has 0 aliphatic carbocycles. The van der Waals surface area contributed by atoms with Crippen LogP contribution in [0, 0.1) is 46.5 Å². The molecular weight excluding hydrogens is 1660 g/mol. The van der Waals surface area contributed by atoms with E-state index in [1.807, 2.05) is 101 Å². The van der Waals surface area contributed by atoms with Crippen molar-refractivity contribution in [1.82, 2.24) is 93.4 Å². The second-order valence-corrected chi connectivity index (χ2v) is 36.2. The van der Waals surface area contributed by atoms with E-state index in [9.17, 15) is 24.0 Å². The average Bonchev–Trinajstić information content (AvgIpc) is 1.68. The summed E-state index contributed by atoms with van der Waals surface area (Å²) in [6.45, 7) is 30.3. The number of likely N-dealkylation sites (N-methyl/N-ethyl adjacent to an activating group) is 1. The van der Waals surface area contributed by atoms with E-state index in [0.29, 0.717) is 128 Å². The number of hydrogen-bond acceptors (Lipinski definition) is 24. The van der Waals surface area contributed by atoms with Crippen LogP contribution in [0.5, 0.6) is 11.5 Å². The summed E-state index contributed by atoms with van der Waals surface area (Å²) in [5.74, 6) is 2.59. The third-order valence-electron chi connectivity index (χ3n) is 25.5. The molecule has 0 amide bonds. The molecule has 0 saturated carbocycles. The van der Waals surface area contributed by atoms with Gasteiger partial charge in [0, 0.05) is 176 Å². The van der Waals surface area contributed by atoms with Gasteiger partial charge in [0.25, 0.3) is 27.8 Å². The molecule has 13 heterocycles. The van der Waals surface area contributed by atoms with Gasteiger partial charge in [-0.25, -0.2) is 0 Å². The number of nitrogens with two attached hydrogens (primary N) is 5. The number of fused-ring (bicyclic) bond motifs is 15. The summed E-state index contributed by atoms with van der Waals surface area (Å²) in [5.41, 5.74) is 44.0. The van der Waals surface area contributed by atoms with Crippen LogP contribution in [0.2, 0.25) is 0 Å². The highest BCUT2D eigenvalue weighted by Crippen LogP contribution is 2.35. The highest BCUT2D eigenvalue weighted by atomic mass is 16.5. The number of ether oxygens (including phenoxy) is 2. The van der Waals surface area contributed by atoms with Crippen LogP contribution in [0.4, 0.5) is 17.1 Å². The van der Waals surface area contributed by atoms with E-state index in [4.69, 9.17) is 38.1 Å². The van der Waals surface area contributed by atoms with Gasteiger partial charge in [-0.05, 0) is 278 Å². The molecule has 3 saturated heterocycles. The van der Waals surface area contributed by atoms with Gasteiger partial charge in [-0.15, -0.1) is 0 Å². The summed E-state index contributed by atoms with van der Waals surface area (Å²) < 4.78 is 21.3. The molecule has 34 nitrogen and oxygen atoms in total. The Bertz CT molecular complexity index is 6810. The molecular formula is C97H135N27O7. The van der Waals surface area contributed by atoms with Crippen molar-refractivity contribution in [1.29, 1.82) is 0 Å². The molecule has 2 atom stereocenters. The zero-order valence-electron chi connectivity index (χ0n) is 78.5. The van der Waals surface area contributed by atoms with Crippen LogP contribution in [0.3, 0.4) is 0 Å². The van der Waals surface area contributed by atoms with Crippen molar-refractivity contribution in [3.63, 3.8) is 0 Å². The number of nitrogens with zero attached hydrogens (tertiary/aromatic N) is 16. The number of aromatic nitrogens is 15. The number of aryl methyl sites for hydroxylation is 10. The number of pyridine rings is 5. The van der Waals surface area contributed by atoms with E-state index >= 15 is 0 Å². The number of nitrogens with one attached hydrogen (secondary N) is 6. The van der Waals surface area contributed by atoms with Gasteiger partial charge in [0.05, 0.1) is 67.7 Å². The standard InChI is InChI=1S/C21H29N5O2.C20H29N5O2.C19H26N6O.C19H28N6O.C18H23N5O/c1-14-19-20(24-23-14)17-11-16(28-13-15-5-3-9-25(2)12-15)6-7-18(17)26(21(19)27)10-4-8-22;1-13(11-24(3)4)12-27-15-6-7-17-16(10-15)19-18(14(2)22-23-19)20(26)25(17)9-5-8-21;1-13-17-18(22-21-13)15-12-14(24-10-8-23(2)9-11-24)4-5-16(15)25(19(17)26)7-3-6-20;1-13-17-18(23-22-13)15-12-14(21-9-5-10-24(2)3)6-7-16(15)25(19(17)26)11-4-8-20;1-12-16-17(21-20-12)14-11-13(22-8-2-3-9-22)5-6-15(14)23(18(16)24)10-4-7-19/h6-7,11,15H,3-5,8-10,12-13,22H2,1-2H3,(H,23,24);6-7,10,13H,5,8-9,11-12,21H2,1-4H3,(H,22,23);4-5,12H,3,6-11,20H2,1-2H3,(H,21,22);6-7,12,21H,4-5,8-11,20H2,1-3H3,(H,22,23);5-6,11H,2-4,7-10,19H2,1H3,(H,20,21). The van der Waals surface area contributed by atoms with Crippen LogP contribution in [-0.4, -0.2) is 254 Å². The van der Waals surface area contributed by atoms with Crippen molar-refractivity contribution in [3.8, 4) is 11.5 Å². The average molecular weight is 1790 g/mol. The molecule has 700 valence electrons. The first-order chi connectivity index (χ1) is 63.3. The molecule has 0 bridgehead atoms. The maximum atomic E-state index is 13.0. The zero-order valence-corrected chi connectivity index (χ0v) is 78.5. The molecule has 3 fully saturated rings. The normalized spacial score (nSPS) is 14.8. The Morgan fingerprint density at radius 2 is 0.763 bits per heavy atom. The van der Waals surface area contributed by atoms with Gasteiger partial charge < -0.3 is 95.7 Å². The summed E-state index contributed by atoms with van der Waals surface area (Å²) in [7, 11) is 12.6. The number of aromatic amines is 5. The maximum Gasteiger partial charge on any atom is 0.262 e. The largest absolute Gasteiger partial charge is 0.493 e. The Kier molecular flexibility index (Phi) is 31.6. The lowest BCUT2D eigenvalue weighted by Gasteiger charge is -2.34. The summed E-state index contributed by atoms with van der Waals surface area (Å²) in [5, 5.41) is 48.6. The number of H-pyrrole nitrogens is 5. The molecule has 0 radical (unpaired) electrons. The van der Waals surface area contributed by atoms with Crippen molar-refractivity contribution >= 4 is 126 Å². The molecule has 34 heteroatoms. The fourth-order valence-electron chi connectivity index (χ4n) is 18.6. The number of rotatable bonds is 30. The number of piperazine rings is 1. The highest BCUT2D eigenvalue weighted by Gasteiger charge is 2.26. The molecule has 3 aliphatic rings. The lowest BCUT2D eigenvalue weighted by atomic mass is 9.99. The van der Waals surface area contributed by atoms with Crippen LogP contribution in [0.1, 0.15) is 99.6 Å². The summed E-state index contributed by atoms with van der Waals surface area (Å²) in [6.07, 6.45) is 9.81. The first-order valence-corrected chi connectivity index (χ1v) is 46.6. The van der Waals surface area contributed by atoms with Gasteiger partial charge in [-0.1, -0.05) is 6.92 Å². The number of anilines is 3. The SMILES string of the molecule is Cc1[nH]nc2c1c(=O)n(CCCN)c1ccc(N3CCCC3)cc21.Cc1[nH]nc2c1c(=O)n(CCCN)c1ccc(N3CCN(C)CC3)cc21.Cc1[nH]nc2c1c(=O)n(CCCN)c1ccc(NCCCN(C)C)cc21.Cc1[nH]nc2c1c(=O)n(CCCN)c1ccc(OCC(C)CN(C)C)cc21.Cc1[nH]nc2c1c(=O)n(CCCN)c1ccc(OCC3CCCN(C)C3)cc21. The highest BCUT2D eigenvalue weighted by molar-refractivity contribution is 6.09. The van der Waals surface area contributed by atoms with Gasteiger partial charge in [-0.2, -0.15) is 25.5 Å². The van der Waals surface area contributed by atoms with Gasteiger partial charge in [0.1, 0.15) is 39.1 Å². The van der Waals surface area contributed by atoms with E-state index in [2.05, 4.69) is 177 Å². The summed E-state index contributed by atoms with van der Waals surface area (Å²) in [4.78, 5) is 78.7. The van der Waals surface area contributed by atoms with Crippen LogP contribution < -0.4 is 81.1 Å². The van der Waals surface area contributed by atoms with Crippen molar-refractivity contribution in [3.05, 3.63) is 171 Å². The molecule has 5 aromatic carbocycles. The monoisotopic (exact) mass is 1790 g/mol. The molecule has 3 aliphatic heterocycles. The van der Waals surface area contributed by atoms with Crippen molar-refractivity contribution in [2.45, 2.75) is 138 Å². The van der Waals surface area contributed by atoms with Crippen molar-refractivity contribution in [2.24, 2.45) is 40.5 Å². The lowest BCUT2D eigenvalue weighted by molar-refractivity contribution is 0.150. The van der Waals surface area contributed by atoms with Crippen LogP contribution in [0.25, 0.3) is 109 Å². The minimum Gasteiger partial charge on any atom is -0.493 e. The van der Waals surface area contributed by atoms with Crippen LogP contribution in [0.15, 0.2) is 115 Å². The molecule has 131 heavy (non-hydrogen) atoms. The number of hydrogen-bond donors (Lipinski definition) is 11. The molecule has 10 aromatic heterocycles. The third kappa shape index (κ3) is 21.2. The number of likely N-dealkylation sites (tertiary alicyclic amines) is 1. The maximum absolute atomic E-state index is 13.0. The van der Waals surface area contributed by atoms with Crippen molar-refractivity contribution < 1.29 is 9.47 Å². The van der Waals surface area contributed by atoms with E-state index in [1.165, 1.54) is 43.6 Å². The van der Waals surface area contributed by atoms with E-state index in [1.54, 1.807) is 4.57 Å². The summed E-state index contributed by atoms with van der Waals surface area (Å²) in [6, 6.07) is 30.7. The Morgan fingerprint density at radius 3 is 1.13 bits per heavy atom. The Labute approximate surface area is 762 Å². The predicted molar refractivity (Wildman–Crippen MR) is 533 cm³/mol. The number of benzene rings is 5. The predicted octanol–water partition coefficient (Wildman–Crippen LogP) is 9.69. The topological polar surface area (TPSA) is 433 Å². The fraction of sp³-hybridized carbons (Fsp3) is 0.485. The minimum atomic E-state index is -0.0227. The van der Waals surface area contributed by atoms with Gasteiger partial charge in [0.2, 0.25) is 0 Å². The van der Waals surface area contributed by atoms with E-state index in [0.717, 1.165) is 221 Å². The minimum absolute atomic E-state index is 0.00103. The summed E-state index contributed by atoms with van der Waals surface area (Å²) >= 11 is 0. The second kappa shape index (κ2) is 43.5. The second-order valence-electron chi connectivity index (χ2n) is 36.2.